The number of carbonyl (C=O) groups is 1. The Kier molecular flexibility index (Phi) is 7.26. The van der Waals surface area contributed by atoms with Crippen molar-refractivity contribution in [3.8, 4) is 11.8 Å². The number of amides is 1. The maximum Gasteiger partial charge on any atom is 0.314 e. The van der Waals surface area contributed by atoms with Crippen molar-refractivity contribution >= 4 is 39.8 Å². The van der Waals surface area contributed by atoms with Crippen LogP contribution < -0.4 is 10.4 Å². The van der Waals surface area contributed by atoms with Gasteiger partial charge in [0.25, 0.3) is 0 Å². The molecule has 8 heteroatoms. The van der Waals surface area contributed by atoms with Gasteiger partial charge >= 0.3 is 5.91 Å². The largest absolute Gasteiger partial charge is 0.451 e. The molecule has 0 unspecified atom stereocenters. The van der Waals surface area contributed by atoms with Crippen LogP contribution in [0, 0.1) is 11.8 Å². The minimum atomic E-state index is -0.397. The Hall–Kier alpha value is -3.38. The Morgan fingerprint density at radius 3 is 2.61 bits per heavy atom. The van der Waals surface area contributed by atoms with E-state index < -0.39 is 5.91 Å². The zero-order chi connectivity index (χ0) is 22.4. The average Bonchev–Trinajstić information content (AvgIpc) is 3.22. The molecule has 31 heavy (non-hydrogen) atoms. The van der Waals surface area contributed by atoms with Gasteiger partial charge in [0.2, 0.25) is 0 Å². The molecule has 0 aliphatic rings. The van der Waals surface area contributed by atoms with Gasteiger partial charge in [-0.3, -0.25) is 20.3 Å². The van der Waals surface area contributed by atoms with Crippen molar-refractivity contribution in [1.82, 2.24) is 10.5 Å². The lowest BCUT2D eigenvalue weighted by atomic mass is 10.1. The molecule has 0 spiro atoms. The summed E-state index contributed by atoms with van der Waals surface area (Å²) >= 11 is 4.97. The number of fused-ring (bicyclic) bond motifs is 1. The summed E-state index contributed by atoms with van der Waals surface area (Å²) in [4.78, 5) is 20.7. The van der Waals surface area contributed by atoms with E-state index in [2.05, 4.69) is 11.8 Å². The molecule has 7 nitrogen and oxygen atoms in total. The number of thiocarbonyl (C=S) groups is 1. The molecule has 0 saturated heterocycles. The van der Waals surface area contributed by atoms with E-state index in [0.29, 0.717) is 17.8 Å². The summed E-state index contributed by atoms with van der Waals surface area (Å²) in [7, 11) is 3.87. The van der Waals surface area contributed by atoms with Crippen molar-refractivity contribution < 1.29 is 19.3 Å². The molecule has 0 aliphatic carbocycles. The standard InChI is InChI=1S/C23H23N3O4S/c1-4-29-26(14-6-7-16-10-12-17(13-11-16)22(31)24-28)23(27)21-15-18-19(25(2)3)8-5-9-20(18)30-21/h5,8-13,15,28H,4,14H2,1-3H3,(H,24,31). The first-order chi connectivity index (χ1) is 14.9. The van der Waals surface area contributed by atoms with Gasteiger partial charge in [0.05, 0.1) is 6.61 Å². The van der Waals surface area contributed by atoms with E-state index in [1.54, 1.807) is 37.3 Å². The molecule has 160 valence electrons. The van der Waals surface area contributed by atoms with E-state index in [0.717, 1.165) is 16.6 Å². The van der Waals surface area contributed by atoms with E-state index in [1.807, 2.05) is 42.7 Å². The molecule has 0 saturated carbocycles. The first-order valence-corrected chi connectivity index (χ1v) is 10.0. The third-order valence-corrected chi connectivity index (χ3v) is 4.77. The van der Waals surface area contributed by atoms with Crippen molar-refractivity contribution in [1.29, 1.82) is 0 Å². The van der Waals surface area contributed by atoms with Gasteiger partial charge in [-0.15, -0.1) is 0 Å². The van der Waals surface area contributed by atoms with Gasteiger partial charge in [-0.25, -0.2) is 5.06 Å². The molecule has 2 aromatic carbocycles. The van der Waals surface area contributed by atoms with E-state index >= 15 is 0 Å². The van der Waals surface area contributed by atoms with Crippen molar-refractivity contribution in [3.63, 3.8) is 0 Å². The van der Waals surface area contributed by atoms with Crippen LogP contribution in [-0.2, 0) is 4.84 Å². The molecular formula is C23H23N3O4S. The maximum absolute atomic E-state index is 13.0. The summed E-state index contributed by atoms with van der Waals surface area (Å²) in [6.45, 7) is 2.19. The monoisotopic (exact) mass is 437 g/mol. The summed E-state index contributed by atoms with van der Waals surface area (Å²) in [5, 5.41) is 10.9. The maximum atomic E-state index is 13.0. The Labute approximate surface area is 186 Å². The third kappa shape index (κ3) is 5.22. The minimum Gasteiger partial charge on any atom is -0.451 e. The first kappa shape index (κ1) is 22.3. The number of anilines is 1. The van der Waals surface area contributed by atoms with Gasteiger partial charge in [-0.05, 0) is 37.3 Å². The topological polar surface area (TPSA) is 78.2 Å². The highest BCUT2D eigenvalue weighted by Gasteiger charge is 2.21. The highest BCUT2D eigenvalue weighted by atomic mass is 32.1. The second-order valence-electron chi connectivity index (χ2n) is 6.77. The number of carbonyl (C=O) groups excluding carboxylic acids is 1. The number of hydroxylamine groups is 3. The molecule has 1 heterocycles. The third-order valence-electron chi connectivity index (χ3n) is 4.45. The minimum absolute atomic E-state index is 0.0720. The first-order valence-electron chi connectivity index (χ1n) is 9.62. The fraction of sp³-hybridized carbons (Fsp3) is 0.217. The number of furan rings is 1. The number of nitrogens with zero attached hydrogens (tertiary/aromatic N) is 2. The van der Waals surface area contributed by atoms with Crippen molar-refractivity contribution in [2.75, 3.05) is 32.1 Å². The summed E-state index contributed by atoms with van der Waals surface area (Å²) in [6.07, 6.45) is 0. The van der Waals surface area contributed by atoms with E-state index in [4.69, 9.17) is 26.7 Å². The normalized spacial score (nSPS) is 10.3. The van der Waals surface area contributed by atoms with Crippen LogP contribution in [0.3, 0.4) is 0 Å². The van der Waals surface area contributed by atoms with E-state index in [9.17, 15) is 4.79 Å². The fourth-order valence-corrected chi connectivity index (χ4v) is 3.11. The molecule has 3 aromatic rings. The molecule has 2 N–H and O–H groups in total. The molecule has 0 fully saturated rings. The number of rotatable bonds is 6. The van der Waals surface area contributed by atoms with Crippen LogP contribution in [0.2, 0.25) is 0 Å². The molecule has 1 aromatic heterocycles. The second kappa shape index (κ2) is 10.1. The average molecular weight is 438 g/mol. The fourth-order valence-electron chi connectivity index (χ4n) is 2.98. The molecular weight excluding hydrogens is 414 g/mol. The van der Waals surface area contributed by atoms with Gasteiger partial charge in [0.1, 0.15) is 17.1 Å². The van der Waals surface area contributed by atoms with Crippen LogP contribution in [-0.4, -0.2) is 48.4 Å². The highest BCUT2D eigenvalue weighted by molar-refractivity contribution is 7.80. The predicted molar refractivity (Wildman–Crippen MR) is 123 cm³/mol. The molecule has 0 radical (unpaired) electrons. The van der Waals surface area contributed by atoms with Crippen LogP contribution in [0.4, 0.5) is 5.69 Å². The van der Waals surface area contributed by atoms with Gasteiger partial charge in [0, 0.05) is 36.3 Å². The lowest BCUT2D eigenvalue weighted by molar-refractivity contribution is -0.111. The van der Waals surface area contributed by atoms with Gasteiger partial charge in [0.15, 0.2) is 5.76 Å². The van der Waals surface area contributed by atoms with Crippen LogP contribution in [0.25, 0.3) is 11.0 Å². The number of hydrogen-bond donors (Lipinski definition) is 2. The van der Waals surface area contributed by atoms with Crippen LogP contribution >= 0.6 is 12.2 Å². The van der Waals surface area contributed by atoms with E-state index in [-0.39, 0.29) is 17.3 Å². The number of nitrogens with one attached hydrogen (secondary N) is 1. The quantitative estimate of drug-likeness (QED) is 0.347. The lowest BCUT2D eigenvalue weighted by Crippen LogP contribution is -2.31. The Morgan fingerprint density at radius 1 is 1.23 bits per heavy atom. The van der Waals surface area contributed by atoms with Crippen LogP contribution in [0.1, 0.15) is 28.6 Å². The SMILES string of the molecule is CCON(CC#Cc1ccc(C(=S)NO)cc1)C(=O)c1cc2c(N(C)C)cccc2o1. The van der Waals surface area contributed by atoms with Gasteiger partial charge in [-0.2, -0.15) is 0 Å². The highest BCUT2D eigenvalue weighted by Crippen LogP contribution is 2.29. The second-order valence-corrected chi connectivity index (χ2v) is 7.18. The molecule has 0 atom stereocenters. The zero-order valence-electron chi connectivity index (χ0n) is 17.5. The van der Waals surface area contributed by atoms with E-state index in [1.165, 1.54) is 5.06 Å². The summed E-state index contributed by atoms with van der Waals surface area (Å²) in [5.74, 6) is 5.73. The van der Waals surface area contributed by atoms with Crippen LogP contribution in [0.5, 0.6) is 0 Å². The van der Waals surface area contributed by atoms with Crippen molar-refractivity contribution in [2.45, 2.75) is 6.92 Å². The molecule has 0 aliphatic heterocycles. The summed E-state index contributed by atoms with van der Waals surface area (Å²) in [5.41, 5.74) is 4.96. The summed E-state index contributed by atoms with van der Waals surface area (Å²) < 4.78 is 5.77. The molecule has 1 amide bonds. The smallest absolute Gasteiger partial charge is 0.314 e. The van der Waals surface area contributed by atoms with Gasteiger partial charge in [-0.1, -0.05) is 42.3 Å². The van der Waals surface area contributed by atoms with Crippen molar-refractivity contribution in [2.24, 2.45) is 0 Å². The Balaban J connectivity index is 1.77. The molecule has 0 bridgehead atoms. The number of hydrogen-bond acceptors (Lipinski definition) is 6. The van der Waals surface area contributed by atoms with Crippen molar-refractivity contribution in [3.05, 3.63) is 65.4 Å². The Bertz CT molecular complexity index is 1140. The predicted octanol–water partition coefficient (Wildman–Crippen LogP) is 3.60. The zero-order valence-corrected chi connectivity index (χ0v) is 18.3. The van der Waals surface area contributed by atoms with Crippen LogP contribution in [0.15, 0.2) is 52.9 Å². The summed E-state index contributed by atoms with van der Waals surface area (Å²) in [6, 6.07) is 14.5. The Morgan fingerprint density at radius 2 is 1.97 bits per heavy atom. The molecule has 3 rings (SSSR count). The van der Waals surface area contributed by atoms with Gasteiger partial charge < -0.3 is 9.32 Å². The number of benzene rings is 2. The lowest BCUT2D eigenvalue weighted by Gasteiger charge is -2.17.